The Kier molecular flexibility index (Phi) is 5.73. The van der Waals surface area contributed by atoms with Crippen molar-refractivity contribution in [1.82, 2.24) is 0 Å². The van der Waals surface area contributed by atoms with E-state index in [4.69, 9.17) is 9.47 Å². The van der Waals surface area contributed by atoms with Gasteiger partial charge in [0, 0.05) is 17.3 Å². The van der Waals surface area contributed by atoms with Gasteiger partial charge in [-0.15, -0.1) is 11.8 Å². The Morgan fingerprint density at radius 3 is 2.95 bits per heavy atom. The van der Waals surface area contributed by atoms with Gasteiger partial charge in [0.2, 0.25) is 0 Å². The van der Waals surface area contributed by atoms with E-state index < -0.39 is 0 Å². The average molecular weight is 280 g/mol. The number of hydrogen-bond donors (Lipinski definition) is 0. The summed E-state index contributed by atoms with van der Waals surface area (Å²) in [5.74, 6) is 1.28. The van der Waals surface area contributed by atoms with Crippen LogP contribution in [0, 0.1) is 5.92 Å². The molecule has 2 atom stereocenters. The molecule has 0 bridgehead atoms. The molecular weight excluding hydrogens is 260 g/mol. The van der Waals surface area contributed by atoms with Crippen LogP contribution >= 0.6 is 11.8 Å². The van der Waals surface area contributed by atoms with Crippen molar-refractivity contribution in [3.05, 3.63) is 30.3 Å². The molecule has 2 rings (SSSR count). The van der Waals surface area contributed by atoms with Gasteiger partial charge in [-0.2, -0.15) is 0 Å². The number of carbonyl (C=O) groups excluding carboxylic acids is 1. The molecule has 0 spiro atoms. The van der Waals surface area contributed by atoms with E-state index in [0.29, 0.717) is 18.9 Å². The fraction of sp³-hybridized carbons (Fsp3) is 0.533. The van der Waals surface area contributed by atoms with Gasteiger partial charge in [0.25, 0.3) is 0 Å². The summed E-state index contributed by atoms with van der Waals surface area (Å²) in [6.45, 7) is 3.02. The van der Waals surface area contributed by atoms with Gasteiger partial charge >= 0.3 is 5.97 Å². The van der Waals surface area contributed by atoms with E-state index >= 15 is 0 Å². The standard InChI is InChI=1S/C15H20O3S/c1-2-17-15(16)10-14-12(8-9-18-14)11-19-13-6-4-3-5-7-13/h3-7,12,14H,2,8-11H2,1H3. The first-order valence-corrected chi connectivity index (χ1v) is 7.73. The maximum Gasteiger partial charge on any atom is 0.308 e. The third kappa shape index (κ3) is 4.55. The molecule has 1 aromatic carbocycles. The lowest BCUT2D eigenvalue weighted by Gasteiger charge is -2.17. The van der Waals surface area contributed by atoms with Crippen LogP contribution in [0.5, 0.6) is 0 Å². The van der Waals surface area contributed by atoms with Crippen molar-refractivity contribution in [1.29, 1.82) is 0 Å². The summed E-state index contributed by atoms with van der Waals surface area (Å²) < 4.78 is 10.6. The van der Waals surface area contributed by atoms with Gasteiger partial charge in [-0.1, -0.05) is 18.2 Å². The van der Waals surface area contributed by atoms with Crippen LogP contribution in [0.3, 0.4) is 0 Å². The van der Waals surface area contributed by atoms with Crippen LogP contribution in [0.1, 0.15) is 19.8 Å². The van der Waals surface area contributed by atoms with Crippen LogP contribution in [-0.4, -0.2) is 31.0 Å². The van der Waals surface area contributed by atoms with Gasteiger partial charge in [-0.3, -0.25) is 4.79 Å². The number of benzene rings is 1. The smallest absolute Gasteiger partial charge is 0.308 e. The van der Waals surface area contributed by atoms with Crippen LogP contribution in [0.4, 0.5) is 0 Å². The molecule has 4 heteroatoms. The second-order valence-electron chi connectivity index (χ2n) is 4.59. The van der Waals surface area contributed by atoms with E-state index in [0.717, 1.165) is 18.8 Å². The second kappa shape index (κ2) is 7.56. The summed E-state index contributed by atoms with van der Waals surface area (Å²) in [4.78, 5) is 12.8. The highest BCUT2D eigenvalue weighted by molar-refractivity contribution is 7.99. The van der Waals surface area contributed by atoms with E-state index in [-0.39, 0.29) is 12.1 Å². The molecule has 1 aromatic rings. The van der Waals surface area contributed by atoms with Crippen molar-refractivity contribution in [2.24, 2.45) is 5.92 Å². The Balaban J connectivity index is 1.80. The molecule has 104 valence electrons. The molecule has 0 aliphatic carbocycles. The first-order chi connectivity index (χ1) is 9.29. The lowest BCUT2D eigenvalue weighted by molar-refractivity contribution is -0.145. The highest BCUT2D eigenvalue weighted by Gasteiger charge is 2.30. The Labute approximate surface area is 118 Å². The number of ether oxygens (including phenoxy) is 2. The summed E-state index contributed by atoms with van der Waals surface area (Å²) in [7, 11) is 0. The van der Waals surface area contributed by atoms with E-state index in [1.807, 2.05) is 36.9 Å². The molecule has 2 unspecified atom stereocenters. The molecule has 1 heterocycles. The minimum Gasteiger partial charge on any atom is -0.466 e. The minimum atomic E-state index is -0.149. The predicted octanol–water partition coefficient (Wildman–Crippen LogP) is 3.14. The van der Waals surface area contributed by atoms with Gasteiger partial charge < -0.3 is 9.47 Å². The predicted molar refractivity (Wildman–Crippen MR) is 76.3 cm³/mol. The van der Waals surface area contributed by atoms with E-state index in [2.05, 4.69) is 12.1 Å². The van der Waals surface area contributed by atoms with Crippen molar-refractivity contribution in [2.75, 3.05) is 19.0 Å². The molecule has 1 aliphatic heterocycles. The maximum atomic E-state index is 11.5. The molecule has 0 radical (unpaired) electrons. The Bertz CT molecular complexity index is 394. The normalized spacial score (nSPS) is 22.4. The van der Waals surface area contributed by atoms with Crippen LogP contribution in [0.25, 0.3) is 0 Å². The lowest BCUT2D eigenvalue weighted by atomic mass is 10.0. The quantitative estimate of drug-likeness (QED) is 0.592. The highest BCUT2D eigenvalue weighted by Crippen LogP contribution is 2.30. The van der Waals surface area contributed by atoms with E-state index in [1.165, 1.54) is 4.90 Å². The van der Waals surface area contributed by atoms with Crippen molar-refractivity contribution < 1.29 is 14.3 Å². The molecule has 0 amide bonds. The lowest BCUT2D eigenvalue weighted by Crippen LogP contribution is -2.23. The highest BCUT2D eigenvalue weighted by atomic mass is 32.2. The van der Waals surface area contributed by atoms with Crippen molar-refractivity contribution >= 4 is 17.7 Å². The fourth-order valence-corrected chi connectivity index (χ4v) is 3.35. The van der Waals surface area contributed by atoms with E-state index in [9.17, 15) is 4.79 Å². The molecule has 1 aliphatic rings. The third-order valence-corrected chi connectivity index (χ3v) is 4.43. The van der Waals surface area contributed by atoms with Crippen molar-refractivity contribution in [3.63, 3.8) is 0 Å². The maximum absolute atomic E-state index is 11.5. The average Bonchev–Trinajstić information content (AvgIpc) is 2.85. The van der Waals surface area contributed by atoms with Crippen LogP contribution in [-0.2, 0) is 14.3 Å². The summed E-state index contributed by atoms with van der Waals surface area (Å²) >= 11 is 1.83. The Hall–Kier alpha value is -1.00. The number of carbonyl (C=O) groups is 1. The zero-order chi connectivity index (χ0) is 13.5. The van der Waals surface area contributed by atoms with Crippen molar-refractivity contribution in [2.45, 2.75) is 30.8 Å². The zero-order valence-corrected chi connectivity index (χ0v) is 12.0. The number of thioether (sulfide) groups is 1. The molecule has 0 aromatic heterocycles. The topological polar surface area (TPSA) is 35.5 Å². The molecule has 1 fully saturated rings. The summed E-state index contributed by atoms with van der Waals surface area (Å²) in [5.41, 5.74) is 0. The molecule has 1 saturated heterocycles. The number of hydrogen-bond acceptors (Lipinski definition) is 4. The second-order valence-corrected chi connectivity index (χ2v) is 5.68. The number of rotatable bonds is 6. The first-order valence-electron chi connectivity index (χ1n) is 6.74. The first kappa shape index (κ1) is 14.4. The van der Waals surface area contributed by atoms with Gasteiger partial charge in [0.1, 0.15) is 0 Å². The van der Waals surface area contributed by atoms with Crippen LogP contribution in [0.2, 0.25) is 0 Å². The zero-order valence-electron chi connectivity index (χ0n) is 11.2. The van der Waals surface area contributed by atoms with Gasteiger partial charge in [0.15, 0.2) is 0 Å². The van der Waals surface area contributed by atoms with Crippen molar-refractivity contribution in [3.8, 4) is 0 Å². The van der Waals surface area contributed by atoms with Gasteiger partial charge in [0.05, 0.1) is 19.1 Å². The molecule has 3 nitrogen and oxygen atoms in total. The summed E-state index contributed by atoms with van der Waals surface area (Å²) in [6.07, 6.45) is 1.44. The SMILES string of the molecule is CCOC(=O)CC1OCCC1CSc1ccccc1. The molecule has 19 heavy (non-hydrogen) atoms. The number of esters is 1. The minimum absolute atomic E-state index is 0.0234. The van der Waals surface area contributed by atoms with Crippen LogP contribution in [0.15, 0.2) is 35.2 Å². The molecule has 0 N–H and O–H groups in total. The molecule has 0 saturated carbocycles. The van der Waals surface area contributed by atoms with Crippen LogP contribution < -0.4 is 0 Å². The summed E-state index contributed by atoms with van der Waals surface area (Å²) in [5, 5.41) is 0. The Morgan fingerprint density at radius 2 is 2.21 bits per heavy atom. The monoisotopic (exact) mass is 280 g/mol. The third-order valence-electron chi connectivity index (χ3n) is 3.23. The van der Waals surface area contributed by atoms with Gasteiger partial charge in [-0.25, -0.2) is 0 Å². The fourth-order valence-electron chi connectivity index (χ4n) is 2.21. The van der Waals surface area contributed by atoms with Gasteiger partial charge in [-0.05, 0) is 31.4 Å². The van der Waals surface area contributed by atoms with E-state index in [1.54, 1.807) is 0 Å². The molecular formula is C15H20O3S. The Morgan fingerprint density at radius 1 is 1.42 bits per heavy atom. The summed E-state index contributed by atoms with van der Waals surface area (Å²) in [6, 6.07) is 10.3. The largest absolute Gasteiger partial charge is 0.466 e.